The van der Waals surface area contributed by atoms with Crippen LogP contribution in [0.3, 0.4) is 0 Å². The van der Waals surface area contributed by atoms with E-state index in [9.17, 15) is 4.39 Å². The van der Waals surface area contributed by atoms with Gasteiger partial charge in [0.1, 0.15) is 5.82 Å². The lowest BCUT2D eigenvalue weighted by Crippen LogP contribution is -2.54. The van der Waals surface area contributed by atoms with E-state index in [-0.39, 0.29) is 17.4 Å². The Balaban J connectivity index is 2.26. The van der Waals surface area contributed by atoms with Gasteiger partial charge in [0.15, 0.2) is 0 Å². The van der Waals surface area contributed by atoms with E-state index in [1.807, 2.05) is 6.07 Å². The molecule has 0 bridgehead atoms. The van der Waals surface area contributed by atoms with Crippen molar-refractivity contribution < 1.29 is 4.39 Å². The third kappa shape index (κ3) is 3.39. The maximum absolute atomic E-state index is 13.6. The minimum Gasteiger partial charge on any atom is -0.309 e. The Bertz CT molecular complexity index is 425. The summed E-state index contributed by atoms with van der Waals surface area (Å²) in [5.41, 5.74) is 1.03. The number of hydrogen-bond donors (Lipinski definition) is 1. The summed E-state index contributed by atoms with van der Waals surface area (Å²) < 4.78 is 13.6. The highest BCUT2D eigenvalue weighted by molar-refractivity contribution is 5.24. The first-order valence-corrected chi connectivity index (χ1v) is 7.79. The second-order valence-electron chi connectivity index (χ2n) is 6.25. The summed E-state index contributed by atoms with van der Waals surface area (Å²) in [7, 11) is 0. The molecule has 1 aliphatic rings. The zero-order valence-corrected chi connectivity index (χ0v) is 13.0. The first-order valence-electron chi connectivity index (χ1n) is 7.79. The molecule has 1 aromatic carbocycles. The SMILES string of the molecule is CCNC(c1cccc(F)c1)C(C)(C)N1CCCCC1. The molecule has 1 saturated heterocycles. The standard InChI is InChI=1S/C17H27FN2/c1-4-19-16(14-9-8-10-15(18)13-14)17(2,3)20-11-6-5-7-12-20/h8-10,13,16,19H,4-7,11-12H2,1-3H3. The average molecular weight is 278 g/mol. The van der Waals surface area contributed by atoms with Gasteiger partial charge in [-0.15, -0.1) is 0 Å². The Morgan fingerprint density at radius 1 is 1.25 bits per heavy atom. The molecule has 0 aromatic heterocycles. The van der Waals surface area contributed by atoms with Crippen LogP contribution in [-0.4, -0.2) is 30.1 Å². The number of hydrogen-bond acceptors (Lipinski definition) is 2. The highest BCUT2D eigenvalue weighted by atomic mass is 19.1. The Kier molecular flexibility index (Phi) is 5.17. The lowest BCUT2D eigenvalue weighted by atomic mass is 9.85. The van der Waals surface area contributed by atoms with Gasteiger partial charge in [-0.1, -0.05) is 25.5 Å². The summed E-state index contributed by atoms with van der Waals surface area (Å²) in [5, 5.41) is 3.56. The van der Waals surface area contributed by atoms with Crippen molar-refractivity contribution in [3.8, 4) is 0 Å². The highest BCUT2D eigenvalue weighted by Crippen LogP contribution is 2.33. The number of nitrogens with zero attached hydrogens (tertiary/aromatic N) is 1. The van der Waals surface area contributed by atoms with Crippen LogP contribution in [0, 0.1) is 5.82 Å². The van der Waals surface area contributed by atoms with Crippen LogP contribution in [0.2, 0.25) is 0 Å². The molecule has 0 spiro atoms. The molecule has 2 nitrogen and oxygen atoms in total. The van der Waals surface area contributed by atoms with Gasteiger partial charge in [0, 0.05) is 5.54 Å². The molecule has 20 heavy (non-hydrogen) atoms. The largest absolute Gasteiger partial charge is 0.309 e. The average Bonchev–Trinajstić information content (AvgIpc) is 2.45. The number of piperidine rings is 1. The summed E-state index contributed by atoms with van der Waals surface area (Å²) >= 11 is 0. The summed E-state index contributed by atoms with van der Waals surface area (Å²) in [4.78, 5) is 2.55. The van der Waals surface area contributed by atoms with Gasteiger partial charge in [0.25, 0.3) is 0 Å². The van der Waals surface area contributed by atoms with E-state index >= 15 is 0 Å². The van der Waals surface area contributed by atoms with Crippen LogP contribution < -0.4 is 5.32 Å². The van der Waals surface area contributed by atoms with Crippen molar-refractivity contribution >= 4 is 0 Å². The Morgan fingerprint density at radius 3 is 2.55 bits per heavy atom. The minimum atomic E-state index is -0.153. The third-order valence-electron chi connectivity index (χ3n) is 4.47. The van der Waals surface area contributed by atoms with Crippen molar-refractivity contribution in [3.05, 3.63) is 35.6 Å². The zero-order chi connectivity index (χ0) is 14.6. The molecule has 3 heteroatoms. The predicted octanol–water partition coefficient (Wildman–Crippen LogP) is 3.74. The molecule has 0 saturated carbocycles. The van der Waals surface area contributed by atoms with E-state index in [1.54, 1.807) is 12.1 Å². The van der Waals surface area contributed by atoms with E-state index in [2.05, 4.69) is 31.0 Å². The predicted molar refractivity (Wildman–Crippen MR) is 82.3 cm³/mol. The van der Waals surface area contributed by atoms with Gasteiger partial charge in [-0.2, -0.15) is 0 Å². The second-order valence-corrected chi connectivity index (χ2v) is 6.25. The molecule has 1 heterocycles. The Hall–Kier alpha value is -0.930. The van der Waals surface area contributed by atoms with Crippen LogP contribution in [0.1, 0.15) is 51.6 Å². The van der Waals surface area contributed by atoms with Crippen LogP contribution in [0.4, 0.5) is 4.39 Å². The van der Waals surface area contributed by atoms with E-state index < -0.39 is 0 Å². The molecule has 1 aromatic rings. The highest BCUT2D eigenvalue weighted by Gasteiger charge is 2.36. The van der Waals surface area contributed by atoms with Crippen LogP contribution in [-0.2, 0) is 0 Å². The van der Waals surface area contributed by atoms with Crippen molar-refractivity contribution in [1.29, 1.82) is 0 Å². The molecule has 1 unspecified atom stereocenters. The molecule has 112 valence electrons. The fourth-order valence-corrected chi connectivity index (χ4v) is 3.32. The van der Waals surface area contributed by atoms with Crippen LogP contribution in [0.5, 0.6) is 0 Å². The first-order chi connectivity index (χ1) is 9.55. The zero-order valence-electron chi connectivity index (χ0n) is 13.0. The second kappa shape index (κ2) is 6.68. The van der Waals surface area contributed by atoms with Crippen molar-refractivity contribution in [2.24, 2.45) is 0 Å². The Morgan fingerprint density at radius 2 is 1.95 bits per heavy atom. The molecular formula is C17H27FN2. The lowest BCUT2D eigenvalue weighted by molar-refractivity contribution is 0.0612. The fourth-order valence-electron chi connectivity index (χ4n) is 3.32. The van der Waals surface area contributed by atoms with E-state index in [0.29, 0.717) is 0 Å². The van der Waals surface area contributed by atoms with Crippen LogP contribution in [0.15, 0.2) is 24.3 Å². The smallest absolute Gasteiger partial charge is 0.123 e. The number of benzene rings is 1. The summed E-state index contributed by atoms with van der Waals surface area (Å²) in [6.07, 6.45) is 3.87. The van der Waals surface area contributed by atoms with Crippen LogP contribution in [0.25, 0.3) is 0 Å². The normalized spacial score (nSPS) is 19.0. The van der Waals surface area contributed by atoms with Gasteiger partial charge in [0.2, 0.25) is 0 Å². The molecule has 1 fully saturated rings. The lowest BCUT2D eigenvalue weighted by Gasteiger charge is -2.46. The number of nitrogens with one attached hydrogen (secondary N) is 1. The molecule has 2 rings (SSSR count). The number of halogens is 1. The van der Waals surface area contributed by atoms with Crippen LogP contribution >= 0.6 is 0 Å². The van der Waals surface area contributed by atoms with Gasteiger partial charge >= 0.3 is 0 Å². The molecule has 1 aliphatic heterocycles. The molecular weight excluding hydrogens is 251 g/mol. The number of likely N-dealkylation sites (N-methyl/N-ethyl adjacent to an activating group) is 1. The number of rotatable bonds is 5. The maximum atomic E-state index is 13.6. The molecule has 1 N–H and O–H groups in total. The van der Waals surface area contributed by atoms with Gasteiger partial charge < -0.3 is 5.32 Å². The van der Waals surface area contributed by atoms with Gasteiger partial charge in [-0.3, -0.25) is 4.90 Å². The first kappa shape index (κ1) is 15.5. The maximum Gasteiger partial charge on any atom is 0.123 e. The molecule has 0 amide bonds. The molecule has 0 aliphatic carbocycles. The van der Waals surface area contributed by atoms with Gasteiger partial charge in [0.05, 0.1) is 6.04 Å². The fraction of sp³-hybridized carbons (Fsp3) is 0.647. The van der Waals surface area contributed by atoms with E-state index in [1.165, 1.54) is 25.3 Å². The minimum absolute atomic E-state index is 0.00970. The summed E-state index contributed by atoms with van der Waals surface area (Å²) in [6, 6.07) is 7.17. The van der Waals surface area contributed by atoms with Crippen molar-refractivity contribution in [2.45, 2.75) is 51.6 Å². The van der Waals surface area contributed by atoms with Gasteiger partial charge in [-0.25, -0.2) is 4.39 Å². The van der Waals surface area contributed by atoms with E-state index in [4.69, 9.17) is 0 Å². The Labute approximate surface area is 122 Å². The molecule has 0 radical (unpaired) electrons. The van der Waals surface area contributed by atoms with Crippen molar-refractivity contribution in [2.75, 3.05) is 19.6 Å². The number of likely N-dealkylation sites (tertiary alicyclic amines) is 1. The monoisotopic (exact) mass is 278 g/mol. The molecule has 1 atom stereocenters. The van der Waals surface area contributed by atoms with Crippen molar-refractivity contribution in [1.82, 2.24) is 10.2 Å². The quantitative estimate of drug-likeness (QED) is 0.882. The topological polar surface area (TPSA) is 15.3 Å². The summed E-state index contributed by atoms with van der Waals surface area (Å²) in [6.45, 7) is 9.83. The van der Waals surface area contributed by atoms with Gasteiger partial charge in [-0.05, 0) is 64.0 Å². The third-order valence-corrected chi connectivity index (χ3v) is 4.47. The van der Waals surface area contributed by atoms with Crippen molar-refractivity contribution in [3.63, 3.8) is 0 Å². The summed E-state index contributed by atoms with van der Waals surface area (Å²) in [5.74, 6) is -0.153. The van der Waals surface area contributed by atoms with E-state index in [0.717, 1.165) is 25.2 Å².